The molecule has 2 amide bonds. The number of ether oxygens (including phenoxy) is 1. The molecule has 2 unspecified atom stereocenters. The zero-order chi connectivity index (χ0) is 9.97. The van der Waals surface area contributed by atoms with Gasteiger partial charge in [0.05, 0.1) is 19.1 Å². The number of hydrogen-bond acceptors (Lipinski definition) is 4. The Hall–Kier alpha value is -0.940. The van der Waals surface area contributed by atoms with Crippen molar-refractivity contribution in [3.63, 3.8) is 0 Å². The smallest absolute Gasteiger partial charge is 0.244 e. The fraction of sp³-hybridized carbons (Fsp3) is 0.778. The first-order valence-corrected chi connectivity index (χ1v) is 4.93. The van der Waals surface area contributed by atoms with Gasteiger partial charge in [0.1, 0.15) is 0 Å². The van der Waals surface area contributed by atoms with Crippen molar-refractivity contribution < 1.29 is 14.3 Å². The molecule has 0 aliphatic carbocycles. The minimum atomic E-state index is -0.353. The molecule has 14 heavy (non-hydrogen) atoms. The number of rotatable bonds is 2. The van der Waals surface area contributed by atoms with Gasteiger partial charge in [-0.3, -0.25) is 14.9 Å². The summed E-state index contributed by atoms with van der Waals surface area (Å²) in [5.74, 6) is -0.398. The highest BCUT2D eigenvalue weighted by molar-refractivity contribution is 6.05. The van der Waals surface area contributed by atoms with Gasteiger partial charge < -0.3 is 10.1 Å². The highest BCUT2D eigenvalue weighted by atomic mass is 16.5. The molecule has 2 rings (SSSR count). The Kier molecular flexibility index (Phi) is 2.79. The van der Waals surface area contributed by atoms with Crippen LogP contribution >= 0.6 is 0 Å². The van der Waals surface area contributed by atoms with Crippen LogP contribution in [0.25, 0.3) is 0 Å². The second-order valence-corrected chi connectivity index (χ2v) is 3.75. The zero-order valence-corrected chi connectivity index (χ0v) is 7.91. The van der Waals surface area contributed by atoms with E-state index in [2.05, 4.69) is 10.6 Å². The minimum Gasteiger partial charge on any atom is -0.380 e. The van der Waals surface area contributed by atoms with Crippen LogP contribution in [-0.4, -0.2) is 37.1 Å². The van der Waals surface area contributed by atoms with Crippen molar-refractivity contribution in [2.45, 2.75) is 31.3 Å². The predicted octanol–water partition coefficient (Wildman–Crippen LogP) is -0.830. The number of hydrogen-bond donors (Lipinski definition) is 2. The van der Waals surface area contributed by atoms with E-state index in [-0.39, 0.29) is 30.3 Å². The molecule has 5 nitrogen and oxygen atoms in total. The molecule has 2 heterocycles. The third kappa shape index (κ3) is 2.10. The van der Waals surface area contributed by atoms with Gasteiger partial charge in [-0.1, -0.05) is 0 Å². The molecule has 0 radical (unpaired) electrons. The van der Waals surface area contributed by atoms with Gasteiger partial charge in [-0.2, -0.15) is 0 Å². The molecule has 0 spiro atoms. The number of carbonyl (C=O) groups excluding carboxylic acids is 2. The van der Waals surface area contributed by atoms with Gasteiger partial charge >= 0.3 is 0 Å². The van der Waals surface area contributed by atoms with Crippen LogP contribution in [0.4, 0.5) is 0 Å². The number of imide groups is 1. The Bertz CT molecular complexity index is 248. The van der Waals surface area contributed by atoms with Crippen LogP contribution in [0.1, 0.15) is 19.3 Å². The standard InChI is InChI=1S/C9H14N2O3/c12-8-4-7(9(13)11-8)10-6-2-1-3-14-5-6/h6-7,10H,1-5H2,(H,11,12,13). The maximum Gasteiger partial charge on any atom is 0.244 e. The van der Waals surface area contributed by atoms with E-state index in [4.69, 9.17) is 4.74 Å². The molecular weight excluding hydrogens is 184 g/mol. The van der Waals surface area contributed by atoms with Crippen LogP contribution in [-0.2, 0) is 14.3 Å². The van der Waals surface area contributed by atoms with Crippen LogP contribution in [0.2, 0.25) is 0 Å². The molecular formula is C9H14N2O3. The lowest BCUT2D eigenvalue weighted by molar-refractivity contribution is -0.125. The average Bonchev–Trinajstić information content (AvgIpc) is 2.47. The second-order valence-electron chi connectivity index (χ2n) is 3.75. The lowest BCUT2D eigenvalue weighted by atomic mass is 10.1. The van der Waals surface area contributed by atoms with Crippen molar-refractivity contribution in [1.29, 1.82) is 0 Å². The van der Waals surface area contributed by atoms with Crippen molar-refractivity contribution >= 4 is 11.8 Å². The van der Waals surface area contributed by atoms with Crippen molar-refractivity contribution in [3.8, 4) is 0 Å². The summed E-state index contributed by atoms with van der Waals surface area (Å²) in [6, 6.07) is -0.139. The molecule has 0 aromatic carbocycles. The summed E-state index contributed by atoms with van der Waals surface area (Å²) < 4.78 is 5.28. The van der Waals surface area contributed by atoms with Crippen molar-refractivity contribution in [2.75, 3.05) is 13.2 Å². The first-order chi connectivity index (χ1) is 6.75. The summed E-state index contributed by atoms with van der Waals surface area (Å²) in [6.45, 7) is 1.44. The monoisotopic (exact) mass is 198 g/mol. The quantitative estimate of drug-likeness (QED) is 0.568. The third-order valence-corrected chi connectivity index (χ3v) is 2.57. The molecule has 5 heteroatoms. The average molecular weight is 198 g/mol. The van der Waals surface area contributed by atoms with Crippen LogP contribution in [0.15, 0.2) is 0 Å². The molecule has 2 fully saturated rings. The van der Waals surface area contributed by atoms with E-state index in [1.807, 2.05) is 0 Å². The van der Waals surface area contributed by atoms with Crippen LogP contribution in [0, 0.1) is 0 Å². The van der Waals surface area contributed by atoms with Gasteiger partial charge in [0.15, 0.2) is 0 Å². The topological polar surface area (TPSA) is 67.4 Å². The zero-order valence-electron chi connectivity index (χ0n) is 7.91. The molecule has 0 aromatic rings. The van der Waals surface area contributed by atoms with Crippen LogP contribution in [0.5, 0.6) is 0 Å². The second kappa shape index (κ2) is 4.06. The Morgan fingerprint density at radius 3 is 2.86 bits per heavy atom. The van der Waals surface area contributed by atoms with Gasteiger partial charge in [-0.15, -0.1) is 0 Å². The molecule has 2 aliphatic heterocycles. The molecule has 2 aliphatic rings. The lowest BCUT2D eigenvalue weighted by Gasteiger charge is -2.25. The SMILES string of the molecule is O=C1CC(NC2CCCOC2)C(=O)N1. The summed E-state index contributed by atoms with van der Waals surface area (Å²) in [5, 5.41) is 5.42. The third-order valence-electron chi connectivity index (χ3n) is 2.57. The minimum absolute atomic E-state index is 0.191. The molecule has 78 valence electrons. The molecule has 0 bridgehead atoms. The fourth-order valence-electron chi connectivity index (χ4n) is 1.84. The predicted molar refractivity (Wildman–Crippen MR) is 48.5 cm³/mol. The van der Waals surface area contributed by atoms with Gasteiger partial charge in [-0.25, -0.2) is 0 Å². The van der Waals surface area contributed by atoms with E-state index in [1.165, 1.54) is 0 Å². The Morgan fingerprint density at radius 2 is 2.29 bits per heavy atom. The van der Waals surface area contributed by atoms with Crippen molar-refractivity contribution in [2.24, 2.45) is 0 Å². The summed E-state index contributed by atoms with van der Waals surface area (Å²) >= 11 is 0. The van der Waals surface area contributed by atoms with Gasteiger partial charge in [-0.05, 0) is 12.8 Å². The maximum atomic E-state index is 11.2. The van der Waals surface area contributed by atoms with Crippen LogP contribution in [0.3, 0.4) is 0 Å². The Morgan fingerprint density at radius 1 is 1.43 bits per heavy atom. The van der Waals surface area contributed by atoms with Crippen molar-refractivity contribution in [3.05, 3.63) is 0 Å². The van der Waals surface area contributed by atoms with E-state index in [9.17, 15) is 9.59 Å². The molecule has 0 saturated carbocycles. The molecule has 2 saturated heterocycles. The van der Waals surface area contributed by atoms with E-state index in [0.29, 0.717) is 6.61 Å². The Balaban J connectivity index is 1.84. The molecule has 2 N–H and O–H groups in total. The molecule has 0 aromatic heterocycles. The van der Waals surface area contributed by atoms with E-state index >= 15 is 0 Å². The summed E-state index contributed by atoms with van der Waals surface area (Å²) in [5.41, 5.74) is 0. The van der Waals surface area contributed by atoms with E-state index in [0.717, 1.165) is 19.4 Å². The summed E-state index contributed by atoms with van der Waals surface area (Å²) in [4.78, 5) is 22.1. The van der Waals surface area contributed by atoms with Gasteiger partial charge in [0, 0.05) is 12.6 Å². The van der Waals surface area contributed by atoms with Gasteiger partial charge in [0.25, 0.3) is 0 Å². The van der Waals surface area contributed by atoms with E-state index < -0.39 is 0 Å². The number of nitrogens with one attached hydrogen (secondary N) is 2. The number of amides is 2. The summed E-state index contributed by atoms with van der Waals surface area (Å²) in [6.07, 6.45) is 2.28. The highest BCUT2D eigenvalue weighted by Crippen LogP contribution is 2.09. The largest absolute Gasteiger partial charge is 0.380 e. The molecule has 2 atom stereocenters. The highest BCUT2D eigenvalue weighted by Gasteiger charge is 2.32. The first-order valence-electron chi connectivity index (χ1n) is 4.93. The van der Waals surface area contributed by atoms with E-state index in [1.54, 1.807) is 0 Å². The lowest BCUT2D eigenvalue weighted by Crippen LogP contribution is -2.46. The van der Waals surface area contributed by atoms with Crippen molar-refractivity contribution in [1.82, 2.24) is 10.6 Å². The fourth-order valence-corrected chi connectivity index (χ4v) is 1.84. The summed E-state index contributed by atoms with van der Waals surface area (Å²) in [7, 11) is 0. The maximum absolute atomic E-state index is 11.2. The number of carbonyl (C=O) groups is 2. The van der Waals surface area contributed by atoms with Crippen LogP contribution < -0.4 is 10.6 Å². The van der Waals surface area contributed by atoms with Gasteiger partial charge in [0.2, 0.25) is 11.8 Å². The Labute approximate surface area is 82.2 Å². The normalized spacial score (nSPS) is 33.1. The first kappa shape index (κ1) is 9.61.